The molecule has 0 spiro atoms. The summed E-state index contributed by atoms with van der Waals surface area (Å²) < 4.78 is 56.0. The maximum absolute atomic E-state index is 12.7. The lowest BCUT2D eigenvalue weighted by Crippen LogP contribution is -2.32. The predicted molar refractivity (Wildman–Crippen MR) is 123 cm³/mol. The summed E-state index contributed by atoms with van der Waals surface area (Å²) in [5, 5.41) is 5.10. The first kappa shape index (κ1) is 24.0. The normalized spacial score (nSPS) is 11.2. The lowest BCUT2D eigenvalue weighted by molar-refractivity contribution is 0.0981. The van der Waals surface area contributed by atoms with Crippen molar-refractivity contribution >= 4 is 26.0 Å². The molecule has 3 N–H and O–H groups in total. The molecule has 8 nitrogen and oxygen atoms in total. The predicted octanol–water partition coefficient (Wildman–Crippen LogP) is 2.17. The van der Waals surface area contributed by atoms with Gasteiger partial charge in [0, 0.05) is 11.1 Å². The lowest BCUT2D eigenvalue weighted by Gasteiger charge is -2.11. The summed E-state index contributed by atoms with van der Waals surface area (Å²) in [6.07, 6.45) is 0. The van der Waals surface area contributed by atoms with Crippen molar-refractivity contribution in [2.24, 2.45) is 5.14 Å². The van der Waals surface area contributed by atoms with Gasteiger partial charge in [0.2, 0.25) is 10.0 Å². The van der Waals surface area contributed by atoms with Crippen molar-refractivity contribution in [2.45, 2.75) is 16.7 Å². The Kier molecular flexibility index (Phi) is 6.88. The van der Waals surface area contributed by atoms with Gasteiger partial charge in [0.25, 0.3) is 15.9 Å². The van der Waals surface area contributed by atoms with Crippen molar-refractivity contribution in [3.63, 3.8) is 0 Å². The number of amides is 1. The molecule has 3 rings (SSSR count). The average molecular weight is 485 g/mol. The highest BCUT2D eigenvalue weighted by Crippen LogP contribution is 2.22. The molecule has 0 fully saturated rings. The smallest absolute Gasteiger partial charge is 0.265 e. The van der Waals surface area contributed by atoms with Gasteiger partial charge >= 0.3 is 0 Å². The first-order chi connectivity index (χ1) is 15.5. The number of aryl methyl sites for hydroxylation is 1. The SMILES string of the molecule is COc1cc(C(=O)NS(=O)(=O)c2ccccc2S(N)(=O)=O)ccc1C#Cc1cccc(C)c1. The standard InChI is InChI=1S/C23H20N2O6S2/c1-16-6-5-7-17(14-16)10-11-18-12-13-19(15-20(18)31-2)23(26)25-33(29,30)22-9-4-3-8-21(22)32(24,27)28/h3-9,12-15H,1-2H3,(H,25,26)(H2,24,27,28). The molecular weight excluding hydrogens is 464 g/mol. The Morgan fingerprint density at radius 2 is 1.61 bits per heavy atom. The van der Waals surface area contributed by atoms with E-state index in [4.69, 9.17) is 9.88 Å². The third-order valence-corrected chi connectivity index (χ3v) is 6.98. The van der Waals surface area contributed by atoms with Crippen molar-refractivity contribution in [3.8, 4) is 17.6 Å². The molecule has 0 aliphatic rings. The van der Waals surface area contributed by atoms with Gasteiger partial charge in [0.05, 0.1) is 12.7 Å². The Hall–Kier alpha value is -3.65. The summed E-state index contributed by atoms with van der Waals surface area (Å²) in [5.41, 5.74) is 2.34. The van der Waals surface area contributed by atoms with Gasteiger partial charge in [-0.1, -0.05) is 36.1 Å². The van der Waals surface area contributed by atoms with E-state index in [2.05, 4.69) is 11.8 Å². The van der Waals surface area contributed by atoms with Gasteiger partial charge in [0.1, 0.15) is 15.5 Å². The molecule has 0 unspecified atom stereocenters. The van der Waals surface area contributed by atoms with Gasteiger partial charge in [-0.25, -0.2) is 26.7 Å². The van der Waals surface area contributed by atoms with Crippen LogP contribution in [0.3, 0.4) is 0 Å². The highest BCUT2D eigenvalue weighted by Gasteiger charge is 2.26. The number of nitrogens with two attached hydrogens (primary N) is 1. The molecule has 3 aromatic carbocycles. The van der Waals surface area contributed by atoms with E-state index in [1.165, 1.54) is 37.4 Å². The van der Waals surface area contributed by atoms with Crippen LogP contribution in [-0.2, 0) is 20.0 Å². The molecule has 0 bridgehead atoms. The van der Waals surface area contributed by atoms with Crippen LogP contribution in [-0.4, -0.2) is 29.9 Å². The van der Waals surface area contributed by atoms with Crippen LogP contribution in [0.1, 0.15) is 27.0 Å². The number of hydrogen-bond donors (Lipinski definition) is 2. The Balaban J connectivity index is 1.90. The van der Waals surface area contributed by atoms with Crippen molar-refractivity contribution in [1.29, 1.82) is 0 Å². The van der Waals surface area contributed by atoms with E-state index in [1.54, 1.807) is 0 Å². The van der Waals surface area contributed by atoms with E-state index in [1.807, 2.05) is 35.9 Å². The number of carbonyl (C=O) groups is 1. The number of methoxy groups -OCH3 is 1. The summed E-state index contributed by atoms with van der Waals surface area (Å²) in [5.74, 6) is 5.27. The highest BCUT2D eigenvalue weighted by molar-refractivity contribution is 7.92. The summed E-state index contributed by atoms with van der Waals surface area (Å²) in [6.45, 7) is 1.95. The molecule has 1 amide bonds. The van der Waals surface area contributed by atoms with Crippen LogP contribution in [0.4, 0.5) is 0 Å². The highest BCUT2D eigenvalue weighted by atomic mass is 32.2. The van der Waals surface area contributed by atoms with Crippen molar-refractivity contribution < 1.29 is 26.4 Å². The van der Waals surface area contributed by atoms with Crippen LogP contribution in [0.2, 0.25) is 0 Å². The molecule has 33 heavy (non-hydrogen) atoms. The Labute approximate surface area is 192 Å². The number of nitrogens with one attached hydrogen (secondary N) is 1. The van der Waals surface area contributed by atoms with Gasteiger partial charge in [0.15, 0.2) is 0 Å². The van der Waals surface area contributed by atoms with Crippen LogP contribution in [0, 0.1) is 18.8 Å². The first-order valence-corrected chi connectivity index (χ1v) is 12.5. The van der Waals surface area contributed by atoms with Gasteiger partial charge in [-0.2, -0.15) is 0 Å². The molecule has 0 saturated heterocycles. The molecule has 0 atom stereocenters. The number of sulfonamides is 2. The van der Waals surface area contributed by atoms with E-state index in [0.29, 0.717) is 5.56 Å². The topological polar surface area (TPSA) is 133 Å². The van der Waals surface area contributed by atoms with E-state index >= 15 is 0 Å². The van der Waals surface area contributed by atoms with Crippen LogP contribution < -0.4 is 14.6 Å². The molecule has 170 valence electrons. The first-order valence-electron chi connectivity index (χ1n) is 9.47. The second-order valence-electron chi connectivity index (χ2n) is 6.96. The van der Waals surface area contributed by atoms with Gasteiger partial charge < -0.3 is 4.74 Å². The molecule has 3 aromatic rings. The number of primary sulfonamides is 1. The number of hydrogen-bond acceptors (Lipinski definition) is 6. The maximum Gasteiger partial charge on any atom is 0.265 e. The van der Waals surface area contributed by atoms with E-state index in [-0.39, 0.29) is 11.3 Å². The third-order valence-electron chi connectivity index (χ3n) is 4.50. The summed E-state index contributed by atoms with van der Waals surface area (Å²) in [4.78, 5) is 11.4. The summed E-state index contributed by atoms with van der Waals surface area (Å²) in [6, 6.07) is 16.6. The van der Waals surface area contributed by atoms with Crippen LogP contribution in [0.15, 0.2) is 76.5 Å². The molecule has 0 radical (unpaired) electrons. The number of ether oxygens (including phenoxy) is 1. The molecule has 0 heterocycles. The van der Waals surface area contributed by atoms with Gasteiger partial charge in [-0.05, 0) is 55.0 Å². The number of rotatable bonds is 5. The van der Waals surface area contributed by atoms with E-state index in [0.717, 1.165) is 23.3 Å². The minimum absolute atomic E-state index is 0.0235. The molecule has 0 aliphatic heterocycles. The second kappa shape index (κ2) is 9.46. The second-order valence-corrected chi connectivity index (χ2v) is 10.1. The monoisotopic (exact) mass is 484 g/mol. The minimum Gasteiger partial charge on any atom is -0.495 e. The molecule has 0 aliphatic carbocycles. The largest absolute Gasteiger partial charge is 0.495 e. The Bertz CT molecular complexity index is 1500. The molecule has 0 saturated carbocycles. The van der Waals surface area contributed by atoms with Crippen molar-refractivity contribution in [1.82, 2.24) is 4.72 Å². The van der Waals surface area contributed by atoms with Gasteiger partial charge in [-0.3, -0.25) is 4.79 Å². The van der Waals surface area contributed by atoms with E-state index in [9.17, 15) is 21.6 Å². The lowest BCUT2D eigenvalue weighted by atomic mass is 10.1. The van der Waals surface area contributed by atoms with Crippen LogP contribution in [0.25, 0.3) is 0 Å². The molecule has 10 heteroatoms. The fraction of sp³-hybridized carbons (Fsp3) is 0.0870. The molecule has 0 aromatic heterocycles. The zero-order valence-electron chi connectivity index (χ0n) is 17.7. The van der Waals surface area contributed by atoms with Crippen molar-refractivity contribution in [3.05, 3.63) is 89.0 Å². The molecular formula is C23H20N2O6S2. The van der Waals surface area contributed by atoms with Crippen LogP contribution >= 0.6 is 0 Å². The van der Waals surface area contributed by atoms with Crippen LogP contribution in [0.5, 0.6) is 5.75 Å². The van der Waals surface area contributed by atoms with E-state index < -0.39 is 35.7 Å². The van der Waals surface area contributed by atoms with Gasteiger partial charge in [-0.15, -0.1) is 0 Å². The van der Waals surface area contributed by atoms with Crippen molar-refractivity contribution in [2.75, 3.05) is 7.11 Å². The summed E-state index contributed by atoms with van der Waals surface area (Å²) >= 11 is 0. The quantitative estimate of drug-likeness (QED) is 0.534. The maximum atomic E-state index is 12.7. The minimum atomic E-state index is -4.53. The summed E-state index contributed by atoms with van der Waals surface area (Å²) in [7, 11) is -7.46. The zero-order chi connectivity index (χ0) is 24.2. The number of benzene rings is 3. The Morgan fingerprint density at radius 3 is 2.24 bits per heavy atom. The zero-order valence-corrected chi connectivity index (χ0v) is 19.3. The fourth-order valence-corrected chi connectivity index (χ4v) is 5.30. The third kappa shape index (κ3) is 5.78. The Morgan fingerprint density at radius 1 is 0.909 bits per heavy atom. The average Bonchev–Trinajstić information content (AvgIpc) is 2.76. The number of carbonyl (C=O) groups excluding carboxylic acids is 1. The fourth-order valence-electron chi connectivity index (χ4n) is 2.94.